The monoisotopic (exact) mass is 352 g/mol. The molecule has 24 heavy (non-hydrogen) atoms. The predicted molar refractivity (Wildman–Crippen MR) is 102 cm³/mol. The molecule has 2 N–H and O–H groups in total. The Morgan fingerprint density at radius 2 is 1.92 bits per heavy atom. The van der Waals surface area contributed by atoms with Crippen LogP contribution in [0.25, 0.3) is 11.0 Å². The number of aromatic amines is 1. The lowest BCUT2D eigenvalue weighted by Crippen LogP contribution is -1.90. The largest absolute Gasteiger partial charge is 0.333 e. The van der Waals surface area contributed by atoms with Crippen molar-refractivity contribution in [1.29, 1.82) is 0 Å². The van der Waals surface area contributed by atoms with Gasteiger partial charge in [0.25, 0.3) is 0 Å². The number of anilines is 2. The molecule has 4 nitrogen and oxygen atoms in total. The Labute approximate surface area is 148 Å². The van der Waals surface area contributed by atoms with Gasteiger partial charge in [0.05, 0.1) is 16.7 Å². The number of aryl methyl sites for hydroxylation is 1. The standard InChI is InChI=1S/C18H16N4S2/c1-12-6-8-13(9-7-12)19-17-20-14(10-23-17)11-24-18-21-15-4-2-3-5-16(15)22-18/h2-10H,11H2,1H3,(H,19,20)(H,21,22). The fourth-order valence-electron chi connectivity index (χ4n) is 2.33. The van der Waals surface area contributed by atoms with E-state index in [0.29, 0.717) is 0 Å². The number of imidazole rings is 1. The van der Waals surface area contributed by atoms with Gasteiger partial charge >= 0.3 is 0 Å². The molecule has 0 bridgehead atoms. The smallest absolute Gasteiger partial charge is 0.187 e. The molecule has 0 aliphatic heterocycles. The van der Waals surface area contributed by atoms with Gasteiger partial charge in [-0.25, -0.2) is 9.97 Å². The van der Waals surface area contributed by atoms with Crippen molar-refractivity contribution in [2.45, 2.75) is 17.8 Å². The Bertz CT molecular complexity index is 923. The van der Waals surface area contributed by atoms with Gasteiger partial charge in [-0.3, -0.25) is 0 Å². The molecule has 6 heteroatoms. The number of thioether (sulfide) groups is 1. The average molecular weight is 352 g/mol. The minimum absolute atomic E-state index is 0.798. The zero-order valence-electron chi connectivity index (χ0n) is 13.1. The summed E-state index contributed by atoms with van der Waals surface area (Å²) >= 11 is 3.29. The van der Waals surface area contributed by atoms with E-state index in [1.807, 2.05) is 24.3 Å². The van der Waals surface area contributed by atoms with Gasteiger partial charge in [-0.15, -0.1) is 11.3 Å². The number of fused-ring (bicyclic) bond motifs is 1. The van der Waals surface area contributed by atoms with Crippen LogP contribution in [0.2, 0.25) is 0 Å². The van der Waals surface area contributed by atoms with Crippen LogP contribution >= 0.6 is 23.1 Å². The van der Waals surface area contributed by atoms with Crippen molar-refractivity contribution in [2.75, 3.05) is 5.32 Å². The average Bonchev–Trinajstić information content (AvgIpc) is 3.21. The SMILES string of the molecule is Cc1ccc(Nc2nc(CSc3nc4ccccc4[nH]3)cs2)cc1. The summed E-state index contributed by atoms with van der Waals surface area (Å²) in [6, 6.07) is 16.4. The van der Waals surface area contributed by atoms with Gasteiger partial charge < -0.3 is 10.3 Å². The number of thiazole rings is 1. The van der Waals surface area contributed by atoms with Gasteiger partial charge in [0.15, 0.2) is 10.3 Å². The topological polar surface area (TPSA) is 53.6 Å². The van der Waals surface area contributed by atoms with E-state index >= 15 is 0 Å². The van der Waals surface area contributed by atoms with Gasteiger partial charge in [-0.1, -0.05) is 41.6 Å². The quantitative estimate of drug-likeness (QED) is 0.475. The summed E-state index contributed by atoms with van der Waals surface area (Å²) in [7, 11) is 0. The number of rotatable bonds is 5. The van der Waals surface area contributed by atoms with Crippen molar-refractivity contribution in [3.63, 3.8) is 0 Å². The van der Waals surface area contributed by atoms with E-state index in [4.69, 9.17) is 0 Å². The summed E-state index contributed by atoms with van der Waals surface area (Å²) in [4.78, 5) is 12.5. The third-order valence-corrected chi connectivity index (χ3v) is 5.29. The lowest BCUT2D eigenvalue weighted by Gasteiger charge is -2.02. The van der Waals surface area contributed by atoms with Crippen molar-refractivity contribution >= 4 is 45.0 Å². The first-order valence-corrected chi connectivity index (χ1v) is 9.48. The highest BCUT2D eigenvalue weighted by Crippen LogP contribution is 2.26. The Hall–Kier alpha value is -2.31. The van der Waals surface area contributed by atoms with Crippen LogP contribution in [-0.4, -0.2) is 15.0 Å². The molecule has 4 aromatic rings. The summed E-state index contributed by atoms with van der Waals surface area (Å²) in [6.45, 7) is 2.08. The molecule has 0 saturated heterocycles. The fourth-order valence-corrected chi connectivity index (χ4v) is 3.94. The number of hydrogen-bond donors (Lipinski definition) is 2. The highest BCUT2D eigenvalue weighted by atomic mass is 32.2. The van der Waals surface area contributed by atoms with E-state index < -0.39 is 0 Å². The van der Waals surface area contributed by atoms with Crippen LogP contribution in [-0.2, 0) is 5.75 Å². The molecular weight excluding hydrogens is 336 g/mol. The molecule has 0 fully saturated rings. The molecule has 2 heterocycles. The molecule has 120 valence electrons. The number of nitrogens with zero attached hydrogens (tertiary/aromatic N) is 2. The zero-order chi connectivity index (χ0) is 16.4. The number of H-pyrrole nitrogens is 1. The Morgan fingerprint density at radius 3 is 2.75 bits per heavy atom. The van der Waals surface area contributed by atoms with Crippen LogP contribution in [0.15, 0.2) is 59.1 Å². The molecule has 0 amide bonds. The molecular formula is C18H16N4S2. The molecule has 0 atom stereocenters. The lowest BCUT2D eigenvalue weighted by molar-refractivity contribution is 1.07. The number of hydrogen-bond acceptors (Lipinski definition) is 5. The summed E-state index contributed by atoms with van der Waals surface area (Å²) in [5.74, 6) is 0.798. The van der Waals surface area contributed by atoms with Crippen LogP contribution in [0, 0.1) is 6.92 Å². The van der Waals surface area contributed by atoms with Crippen LogP contribution < -0.4 is 5.32 Å². The fraction of sp³-hybridized carbons (Fsp3) is 0.111. The van der Waals surface area contributed by atoms with E-state index in [9.17, 15) is 0 Å². The Kier molecular flexibility index (Phi) is 4.23. The molecule has 0 spiro atoms. The lowest BCUT2D eigenvalue weighted by atomic mass is 10.2. The first kappa shape index (κ1) is 15.2. The van der Waals surface area contributed by atoms with Crippen molar-refractivity contribution in [3.05, 3.63) is 65.2 Å². The molecule has 0 radical (unpaired) electrons. The molecule has 0 unspecified atom stereocenters. The molecule has 2 aromatic heterocycles. The highest BCUT2D eigenvalue weighted by molar-refractivity contribution is 7.98. The van der Waals surface area contributed by atoms with E-state index in [1.165, 1.54) is 5.56 Å². The second kappa shape index (κ2) is 6.67. The van der Waals surface area contributed by atoms with Crippen molar-refractivity contribution in [2.24, 2.45) is 0 Å². The predicted octanol–water partition coefficient (Wildman–Crippen LogP) is 5.36. The van der Waals surface area contributed by atoms with Crippen molar-refractivity contribution in [3.8, 4) is 0 Å². The summed E-state index contributed by atoms with van der Waals surface area (Å²) in [5.41, 5.74) is 5.44. The molecule has 0 saturated carbocycles. The van der Waals surface area contributed by atoms with E-state index in [0.717, 1.165) is 38.5 Å². The summed E-state index contributed by atoms with van der Waals surface area (Å²) in [6.07, 6.45) is 0. The maximum Gasteiger partial charge on any atom is 0.187 e. The van der Waals surface area contributed by atoms with Gasteiger partial charge in [0, 0.05) is 16.8 Å². The first-order valence-electron chi connectivity index (χ1n) is 7.62. The highest BCUT2D eigenvalue weighted by Gasteiger charge is 2.06. The number of para-hydroxylation sites is 2. The third-order valence-electron chi connectivity index (χ3n) is 3.58. The minimum Gasteiger partial charge on any atom is -0.333 e. The van der Waals surface area contributed by atoms with Crippen LogP contribution in [0.3, 0.4) is 0 Å². The van der Waals surface area contributed by atoms with Gasteiger partial charge in [-0.05, 0) is 31.2 Å². The summed E-state index contributed by atoms with van der Waals surface area (Å²) < 4.78 is 0. The molecule has 2 aromatic carbocycles. The minimum atomic E-state index is 0.798. The second-order valence-electron chi connectivity index (χ2n) is 5.48. The van der Waals surface area contributed by atoms with E-state index in [-0.39, 0.29) is 0 Å². The van der Waals surface area contributed by atoms with Gasteiger partial charge in [0.2, 0.25) is 0 Å². The number of nitrogens with one attached hydrogen (secondary N) is 2. The second-order valence-corrected chi connectivity index (χ2v) is 7.30. The van der Waals surface area contributed by atoms with Crippen molar-refractivity contribution < 1.29 is 0 Å². The summed E-state index contributed by atoms with van der Waals surface area (Å²) in [5, 5.41) is 7.28. The number of aromatic nitrogens is 3. The van der Waals surface area contributed by atoms with Crippen LogP contribution in [0.1, 0.15) is 11.3 Å². The van der Waals surface area contributed by atoms with Gasteiger partial charge in [0.1, 0.15) is 0 Å². The zero-order valence-corrected chi connectivity index (χ0v) is 14.7. The Balaban J connectivity index is 1.40. The first-order chi connectivity index (χ1) is 11.8. The van der Waals surface area contributed by atoms with Gasteiger partial charge in [-0.2, -0.15) is 0 Å². The maximum absolute atomic E-state index is 4.64. The normalized spacial score (nSPS) is 11.0. The molecule has 4 rings (SSSR count). The van der Waals surface area contributed by atoms with E-state index in [1.54, 1.807) is 23.1 Å². The van der Waals surface area contributed by atoms with Crippen molar-refractivity contribution in [1.82, 2.24) is 15.0 Å². The maximum atomic E-state index is 4.64. The third kappa shape index (κ3) is 3.44. The Morgan fingerprint density at radius 1 is 1.08 bits per heavy atom. The van der Waals surface area contributed by atoms with Crippen LogP contribution in [0.4, 0.5) is 10.8 Å². The molecule has 0 aliphatic carbocycles. The molecule has 0 aliphatic rings. The van der Waals surface area contributed by atoms with E-state index in [2.05, 4.69) is 56.8 Å². The number of benzene rings is 2. The van der Waals surface area contributed by atoms with Crippen LogP contribution in [0.5, 0.6) is 0 Å².